The fourth-order valence-electron chi connectivity index (χ4n) is 2.40. The minimum absolute atomic E-state index is 0.0533. The Labute approximate surface area is 106 Å². The molecule has 18 heavy (non-hydrogen) atoms. The highest BCUT2D eigenvalue weighted by Gasteiger charge is 2.33. The van der Waals surface area contributed by atoms with Crippen LogP contribution in [0.5, 0.6) is 11.5 Å². The molecule has 0 saturated carbocycles. The van der Waals surface area contributed by atoms with Crippen LogP contribution in [-0.4, -0.2) is 31.7 Å². The first-order valence-corrected chi connectivity index (χ1v) is 6.34. The Morgan fingerprint density at radius 1 is 1.11 bits per heavy atom. The molecule has 2 aliphatic heterocycles. The molecule has 1 aromatic carbocycles. The van der Waals surface area contributed by atoms with Gasteiger partial charge in [-0.25, -0.2) is 0 Å². The number of hydrogen-bond acceptors (Lipinski definition) is 4. The lowest BCUT2D eigenvalue weighted by Crippen LogP contribution is -2.41. The third kappa shape index (κ3) is 2.20. The monoisotopic (exact) mass is 248 g/mol. The maximum atomic E-state index is 12.3. The van der Waals surface area contributed by atoms with Crippen molar-refractivity contribution in [2.24, 2.45) is 5.92 Å². The number of benzene rings is 1. The maximum Gasteiger partial charge on any atom is 0.191 e. The summed E-state index contributed by atoms with van der Waals surface area (Å²) in [7, 11) is 0. The van der Waals surface area contributed by atoms with Crippen LogP contribution in [0.4, 0.5) is 0 Å². The van der Waals surface area contributed by atoms with Gasteiger partial charge in [0.25, 0.3) is 0 Å². The zero-order chi connectivity index (χ0) is 12.4. The van der Waals surface area contributed by atoms with Crippen molar-refractivity contribution >= 4 is 5.78 Å². The van der Waals surface area contributed by atoms with E-state index in [0.717, 1.165) is 12.8 Å². The molecule has 2 aliphatic rings. The molecule has 2 heterocycles. The van der Waals surface area contributed by atoms with Gasteiger partial charge in [-0.05, 0) is 25.0 Å². The molecular weight excluding hydrogens is 232 g/mol. The third-order valence-electron chi connectivity index (χ3n) is 3.45. The van der Waals surface area contributed by atoms with E-state index in [1.54, 1.807) is 0 Å². The minimum atomic E-state index is -0.469. The fourth-order valence-corrected chi connectivity index (χ4v) is 2.40. The normalized spacial score (nSPS) is 23.7. The summed E-state index contributed by atoms with van der Waals surface area (Å²) in [5, 5.41) is 0. The zero-order valence-electron chi connectivity index (χ0n) is 10.1. The van der Waals surface area contributed by atoms with Crippen LogP contribution < -0.4 is 9.47 Å². The molecule has 0 radical (unpaired) electrons. The van der Waals surface area contributed by atoms with Crippen molar-refractivity contribution in [1.82, 2.24) is 0 Å². The van der Waals surface area contributed by atoms with Crippen LogP contribution in [-0.2, 0) is 9.53 Å². The average molecular weight is 248 g/mol. The Bertz CT molecular complexity index is 437. The van der Waals surface area contributed by atoms with E-state index in [1.165, 1.54) is 0 Å². The highest BCUT2D eigenvalue weighted by Crippen LogP contribution is 2.32. The fraction of sp³-hybridized carbons (Fsp3) is 0.500. The summed E-state index contributed by atoms with van der Waals surface area (Å²) >= 11 is 0. The number of fused-ring (bicyclic) bond motifs is 1. The second kappa shape index (κ2) is 4.98. The summed E-state index contributed by atoms with van der Waals surface area (Å²) < 4.78 is 16.6. The van der Waals surface area contributed by atoms with Crippen molar-refractivity contribution in [1.29, 1.82) is 0 Å². The summed E-state index contributed by atoms with van der Waals surface area (Å²) in [6.07, 6.45) is 1.11. The second-order valence-corrected chi connectivity index (χ2v) is 4.65. The van der Waals surface area contributed by atoms with Crippen LogP contribution in [0, 0.1) is 5.92 Å². The number of hydrogen-bond donors (Lipinski definition) is 0. The van der Waals surface area contributed by atoms with Crippen LogP contribution in [0.3, 0.4) is 0 Å². The van der Waals surface area contributed by atoms with Gasteiger partial charge in [-0.1, -0.05) is 12.1 Å². The van der Waals surface area contributed by atoms with E-state index in [1.807, 2.05) is 24.3 Å². The largest absolute Gasteiger partial charge is 0.485 e. The van der Waals surface area contributed by atoms with E-state index in [0.29, 0.717) is 31.3 Å². The van der Waals surface area contributed by atoms with Crippen LogP contribution in [0.15, 0.2) is 24.3 Å². The van der Waals surface area contributed by atoms with Crippen molar-refractivity contribution in [3.8, 4) is 11.5 Å². The number of carbonyl (C=O) groups excluding carboxylic acids is 1. The van der Waals surface area contributed by atoms with Crippen LogP contribution in [0.2, 0.25) is 0 Å². The van der Waals surface area contributed by atoms with Gasteiger partial charge in [0.1, 0.15) is 6.61 Å². The standard InChI is InChI=1S/C14H16O4/c15-14(10-5-7-16-8-6-10)13-9-17-11-3-1-2-4-12(11)18-13/h1-4,10,13H,5-9H2. The molecule has 4 nitrogen and oxygen atoms in total. The Balaban J connectivity index is 1.69. The number of carbonyl (C=O) groups is 1. The van der Waals surface area contributed by atoms with Gasteiger partial charge in [0.15, 0.2) is 23.4 Å². The molecule has 3 rings (SSSR count). The second-order valence-electron chi connectivity index (χ2n) is 4.65. The van der Waals surface area contributed by atoms with E-state index in [-0.39, 0.29) is 11.7 Å². The third-order valence-corrected chi connectivity index (χ3v) is 3.45. The highest BCUT2D eigenvalue weighted by molar-refractivity contribution is 5.86. The molecule has 4 heteroatoms. The van der Waals surface area contributed by atoms with Crippen LogP contribution >= 0.6 is 0 Å². The van der Waals surface area contributed by atoms with Crippen molar-refractivity contribution in [2.75, 3.05) is 19.8 Å². The summed E-state index contributed by atoms with van der Waals surface area (Å²) in [4.78, 5) is 12.3. The Kier molecular flexibility index (Phi) is 3.19. The van der Waals surface area contributed by atoms with E-state index in [2.05, 4.69) is 0 Å². The molecule has 0 aromatic heterocycles. The molecule has 0 spiro atoms. The number of Topliss-reactive ketones (excluding diaryl/α,β-unsaturated/α-hetero) is 1. The molecule has 1 saturated heterocycles. The lowest BCUT2D eigenvalue weighted by molar-refractivity contribution is -0.135. The predicted octanol–water partition coefficient (Wildman–Crippen LogP) is 1.82. The molecule has 0 amide bonds. The lowest BCUT2D eigenvalue weighted by atomic mass is 9.92. The molecular formula is C14H16O4. The van der Waals surface area contributed by atoms with Gasteiger partial charge in [-0.3, -0.25) is 4.79 Å². The Hall–Kier alpha value is -1.55. The van der Waals surface area contributed by atoms with Crippen LogP contribution in [0.1, 0.15) is 12.8 Å². The summed E-state index contributed by atoms with van der Waals surface area (Å²) in [6, 6.07) is 7.45. The van der Waals surface area contributed by atoms with Gasteiger partial charge in [-0.15, -0.1) is 0 Å². The highest BCUT2D eigenvalue weighted by atomic mass is 16.6. The average Bonchev–Trinajstić information content (AvgIpc) is 2.47. The Morgan fingerprint density at radius 3 is 2.61 bits per heavy atom. The molecule has 0 aliphatic carbocycles. The van der Waals surface area contributed by atoms with Gasteiger partial charge in [0, 0.05) is 19.1 Å². The number of ether oxygens (including phenoxy) is 3. The van der Waals surface area contributed by atoms with Gasteiger partial charge < -0.3 is 14.2 Å². The van der Waals surface area contributed by atoms with Gasteiger partial charge >= 0.3 is 0 Å². The van der Waals surface area contributed by atoms with Gasteiger partial charge in [0.2, 0.25) is 0 Å². The van der Waals surface area contributed by atoms with Crippen molar-refractivity contribution in [3.05, 3.63) is 24.3 Å². The minimum Gasteiger partial charge on any atom is -0.485 e. The van der Waals surface area contributed by atoms with E-state index in [4.69, 9.17) is 14.2 Å². The zero-order valence-corrected chi connectivity index (χ0v) is 10.1. The predicted molar refractivity (Wildman–Crippen MR) is 64.9 cm³/mol. The number of rotatable bonds is 2. The van der Waals surface area contributed by atoms with Crippen molar-refractivity contribution in [2.45, 2.75) is 18.9 Å². The van der Waals surface area contributed by atoms with Crippen molar-refractivity contribution < 1.29 is 19.0 Å². The quantitative estimate of drug-likeness (QED) is 0.801. The first kappa shape index (κ1) is 11.5. The number of para-hydroxylation sites is 2. The summed E-state index contributed by atoms with van der Waals surface area (Å²) in [5.41, 5.74) is 0. The summed E-state index contributed by atoms with van der Waals surface area (Å²) in [6.45, 7) is 1.65. The van der Waals surface area contributed by atoms with Gasteiger partial charge in [-0.2, -0.15) is 0 Å². The molecule has 0 bridgehead atoms. The van der Waals surface area contributed by atoms with Crippen molar-refractivity contribution in [3.63, 3.8) is 0 Å². The first-order valence-electron chi connectivity index (χ1n) is 6.34. The van der Waals surface area contributed by atoms with E-state index < -0.39 is 6.10 Å². The van der Waals surface area contributed by atoms with Crippen LogP contribution in [0.25, 0.3) is 0 Å². The molecule has 1 unspecified atom stereocenters. The first-order chi connectivity index (χ1) is 8.84. The Morgan fingerprint density at radius 2 is 1.83 bits per heavy atom. The molecule has 0 N–H and O–H groups in total. The molecule has 1 fully saturated rings. The van der Waals surface area contributed by atoms with Gasteiger partial charge in [0.05, 0.1) is 0 Å². The smallest absolute Gasteiger partial charge is 0.191 e. The molecule has 96 valence electrons. The summed E-state index contributed by atoms with van der Waals surface area (Å²) in [5.74, 6) is 1.58. The number of ketones is 1. The SMILES string of the molecule is O=C(C1CCOCC1)C1COc2ccccc2O1. The van der Waals surface area contributed by atoms with E-state index in [9.17, 15) is 4.79 Å². The lowest BCUT2D eigenvalue weighted by Gasteiger charge is -2.29. The maximum absolute atomic E-state index is 12.3. The molecule has 1 atom stereocenters. The topological polar surface area (TPSA) is 44.8 Å². The van der Waals surface area contributed by atoms with E-state index >= 15 is 0 Å². The molecule has 1 aromatic rings.